The normalized spacial score (nSPS) is 23.2. The molecule has 3 rings (SSSR count). The van der Waals surface area contributed by atoms with Crippen molar-refractivity contribution in [2.75, 3.05) is 49.5 Å². The zero-order valence-electron chi connectivity index (χ0n) is 15.3. The molecule has 146 valence electrons. The van der Waals surface area contributed by atoms with Gasteiger partial charge in [0.1, 0.15) is 18.0 Å². The van der Waals surface area contributed by atoms with E-state index in [1.54, 1.807) is 6.33 Å². The summed E-state index contributed by atoms with van der Waals surface area (Å²) in [7, 11) is 0. The molecule has 2 aliphatic rings. The lowest BCUT2D eigenvalue weighted by Crippen LogP contribution is -2.41. The van der Waals surface area contributed by atoms with Gasteiger partial charge in [0, 0.05) is 25.7 Å². The molecule has 3 heterocycles. The summed E-state index contributed by atoms with van der Waals surface area (Å²) in [5.41, 5.74) is 0. The lowest BCUT2D eigenvalue weighted by atomic mass is 9.97. The van der Waals surface area contributed by atoms with E-state index >= 15 is 0 Å². The molecule has 1 atom stereocenters. The number of halogens is 3. The number of rotatable bonds is 5. The van der Waals surface area contributed by atoms with Crippen LogP contribution >= 0.6 is 0 Å². The summed E-state index contributed by atoms with van der Waals surface area (Å²) in [6.45, 7) is 5.27. The molecular weight excluding hydrogens is 343 g/mol. The molecule has 0 radical (unpaired) electrons. The van der Waals surface area contributed by atoms with E-state index in [4.69, 9.17) is 0 Å². The van der Waals surface area contributed by atoms with Crippen molar-refractivity contribution in [3.63, 3.8) is 0 Å². The summed E-state index contributed by atoms with van der Waals surface area (Å²) in [6.07, 6.45) is 1.50. The third kappa shape index (κ3) is 5.72. The second-order valence-electron chi connectivity index (χ2n) is 7.67. The molecule has 0 aliphatic carbocycles. The lowest BCUT2D eigenvalue weighted by Gasteiger charge is -2.33. The van der Waals surface area contributed by atoms with Gasteiger partial charge in [-0.2, -0.15) is 13.2 Å². The monoisotopic (exact) mass is 371 g/mol. The minimum Gasteiger partial charge on any atom is -0.370 e. The topological polar surface area (TPSA) is 44.3 Å². The van der Waals surface area contributed by atoms with Gasteiger partial charge in [0.15, 0.2) is 0 Å². The maximum absolute atomic E-state index is 12.5. The molecule has 1 unspecified atom stereocenters. The van der Waals surface area contributed by atoms with Gasteiger partial charge in [0.25, 0.3) is 0 Å². The smallest absolute Gasteiger partial charge is 0.370 e. The Bertz CT molecular complexity index is 572. The second kappa shape index (κ2) is 8.41. The third-order valence-corrected chi connectivity index (χ3v) is 5.32. The average molecular weight is 371 g/mol. The van der Waals surface area contributed by atoms with Crippen LogP contribution in [0.3, 0.4) is 0 Å². The fourth-order valence-corrected chi connectivity index (χ4v) is 3.87. The Balaban J connectivity index is 1.46. The summed E-state index contributed by atoms with van der Waals surface area (Å²) in [6, 6.07) is 1.98. The van der Waals surface area contributed by atoms with Crippen molar-refractivity contribution in [2.24, 2.45) is 11.8 Å². The van der Waals surface area contributed by atoms with Crippen LogP contribution in [0.1, 0.15) is 32.6 Å². The predicted molar refractivity (Wildman–Crippen MR) is 96.4 cm³/mol. The molecule has 1 N–H and O–H groups in total. The van der Waals surface area contributed by atoms with E-state index in [0.29, 0.717) is 24.9 Å². The number of nitrogens with zero attached hydrogens (tertiary/aromatic N) is 4. The van der Waals surface area contributed by atoms with Gasteiger partial charge in [-0.1, -0.05) is 6.92 Å². The molecule has 2 saturated heterocycles. The SMILES string of the molecule is CC1CCCN(c2cc(NCC3CCN(CC(F)(F)F)CC3)ncn2)C1. The highest BCUT2D eigenvalue weighted by Crippen LogP contribution is 2.24. The molecule has 0 amide bonds. The molecule has 26 heavy (non-hydrogen) atoms. The molecule has 0 saturated carbocycles. The van der Waals surface area contributed by atoms with Crippen LogP contribution in [0.2, 0.25) is 0 Å². The van der Waals surface area contributed by atoms with Gasteiger partial charge in [-0.15, -0.1) is 0 Å². The van der Waals surface area contributed by atoms with Gasteiger partial charge in [0.05, 0.1) is 6.54 Å². The van der Waals surface area contributed by atoms with Crippen molar-refractivity contribution < 1.29 is 13.2 Å². The van der Waals surface area contributed by atoms with Crippen LogP contribution in [0.25, 0.3) is 0 Å². The molecule has 2 fully saturated rings. The zero-order chi connectivity index (χ0) is 18.6. The van der Waals surface area contributed by atoms with E-state index in [1.807, 2.05) is 6.07 Å². The highest BCUT2D eigenvalue weighted by Gasteiger charge is 2.32. The van der Waals surface area contributed by atoms with Crippen LogP contribution in [0.5, 0.6) is 0 Å². The number of likely N-dealkylation sites (tertiary alicyclic amines) is 1. The Labute approximate surface area is 153 Å². The minimum absolute atomic E-state index is 0.382. The average Bonchev–Trinajstić information content (AvgIpc) is 2.60. The van der Waals surface area contributed by atoms with Crippen LogP contribution in [0.15, 0.2) is 12.4 Å². The van der Waals surface area contributed by atoms with Gasteiger partial charge in [-0.25, -0.2) is 9.97 Å². The number of nitrogens with one attached hydrogen (secondary N) is 1. The Hall–Kier alpha value is -1.57. The van der Waals surface area contributed by atoms with Gasteiger partial charge in [-0.05, 0) is 50.6 Å². The van der Waals surface area contributed by atoms with Crippen molar-refractivity contribution >= 4 is 11.6 Å². The molecule has 8 heteroatoms. The van der Waals surface area contributed by atoms with Crippen molar-refractivity contribution in [3.05, 3.63) is 12.4 Å². The van der Waals surface area contributed by atoms with Crippen LogP contribution < -0.4 is 10.2 Å². The number of alkyl halides is 3. The van der Waals surface area contributed by atoms with E-state index in [0.717, 1.165) is 44.1 Å². The number of aromatic nitrogens is 2. The van der Waals surface area contributed by atoms with Crippen molar-refractivity contribution in [3.8, 4) is 0 Å². The fourth-order valence-electron chi connectivity index (χ4n) is 3.87. The highest BCUT2D eigenvalue weighted by molar-refractivity contribution is 5.48. The fraction of sp³-hybridized carbons (Fsp3) is 0.778. The van der Waals surface area contributed by atoms with E-state index in [9.17, 15) is 13.2 Å². The minimum atomic E-state index is -4.10. The molecule has 0 aromatic carbocycles. The molecule has 5 nitrogen and oxygen atoms in total. The first kappa shape index (κ1) is 19.2. The Kier molecular flexibility index (Phi) is 6.21. The molecule has 1 aromatic heterocycles. The molecular formula is C18H28F3N5. The van der Waals surface area contributed by atoms with Crippen LogP contribution in [0, 0.1) is 11.8 Å². The lowest BCUT2D eigenvalue weighted by molar-refractivity contribution is -0.148. The molecule has 1 aromatic rings. The van der Waals surface area contributed by atoms with Gasteiger partial charge < -0.3 is 10.2 Å². The number of hydrogen-bond acceptors (Lipinski definition) is 5. The summed E-state index contributed by atoms with van der Waals surface area (Å²) in [5, 5.41) is 3.35. The largest absolute Gasteiger partial charge is 0.401 e. The van der Waals surface area contributed by atoms with Crippen molar-refractivity contribution in [1.82, 2.24) is 14.9 Å². The quantitative estimate of drug-likeness (QED) is 0.859. The van der Waals surface area contributed by atoms with Gasteiger partial charge in [0.2, 0.25) is 0 Å². The van der Waals surface area contributed by atoms with Crippen LogP contribution in [0.4, 0.5) is 24.8 Å². The summed E-state index contributed by atoms with van der Waals surface area (Å²) >= 11 is 0. The highest BCUT2D eigenvalue weighted by atomic mass is 19.4. The number of piperidine rings is 2. The standard InChI is InChI=1S/C18H28F3N5/c1-14-3-2-6-26(11-14)17-9-16(23-13-24-17)22-10-15-4-7-25(8-5-15)12-18(19,20)21/h9,13-15H,2-8,10-12H2,1H3,(H,22,23,24). The Morgan fingerprint density at radius 1 is 1.15 bits per heavy atom. The van der Waals surface area contributed by atoms with Crippen molar-refractivity contribution in [2.45, 2.75) is 38.8 Å². The van der Waals surface area contributed by atoms with Crippen molar-refractivity contribution in [1.29, 1.82) is 0 Å². The van der Waals surface area contributed by atoms with E-state index < -0.39 is 12.7 Å². The maximum Gasteiger partial charge on any atom is 0.401 e. The van der Waals surface area contributed by atoms with Gasteiger partial charge >= 0.3 is 6.18 Å². The molecule has 0 spiro atoms. The van der Waals surface area contributed by atoms with E-state index in [1.165, 1.54) is 17.7 Å². The first-order valence-corrected chi connectivity index (χ1v) is 9.49. The Morgan fingerprint density at radius 3 is 2.62 bits per heavy atom. The summed E-state index contributed by atoms with van der Waals surface area (Å²) < 4.78 is 37.4. The summed E-state index contributed by atoms with van der Waals surface area (Å²) in [5.74, 6) is 2.81. The van der Waals surface area contributed by atoms with E-state index in [2.05, 4.69) is 27.1 Å². The second-order valence-corrected chi connectivity index (χ2v) is 7.67. The first-order chi connectivity index (χ1) is 12.4. The predicted octanol–water partition coefficient (Wildman–Crippen LogP) is 3.40. The van der Waals surface area contributed by atoms with Crippen LogP contribution in [-0.2, 0) is 0 Å². The maximum atomic E-state index is 12.5. The third-order valence-electron chi connectivity index (χ3n) is 5.32. The molecule has 2 aliphatic heterocycles. The van der Waals surface area contributed by atoms with E-state index in [-0.39, 0.29) is 0 Å². The zero-order valence-corrected chi connectivity index (χ0v) is 15.3. The molecule has 0 bridgehead atoms. The first-order valence-electron chi connectivity index (χ1n) is 9.49. The van der Waals surface area contributed by atoms with Gasteiger partial charge in [-0.3, -0.25) is 4.90 Å². The van der Waals surface area contributed by atoms with Crippen LogP contribution in [-0.4, -0.2) is 60.3 Å². The number of hydrogen-bond donors (Lipinski definition) is 1. The number of anilines is 2. The Morgan fingerprint density at radius 2 is 1.92 bits per heavy atom. The summed E-state index contributed by atoms with van der Waals surface area (Å²) in [4.78, 5) is 12.5.